The van der Waals surface area contributed by atoms with Gasteiger partial charge in [0.1, 0.15) is 0 Å². The Morgan fingerprint density at radius 3 is 2.33 bits per heavy atom. The predicted octanol–water partition coefficient (Wildman–Crippen LogP) is 3.76. The van der Waals surface area contributed by atoms with Crippen molar-refractivity contribution in [2.75, 3.05) is 16.8 Å². The van der Waals surface area contributed by atoms with Crippen LogP contribution >= 0.6 is 11.8 Å². The average molecular weight is 300 g/mol. The number of carbonyl (C=O) groups is 1. The van der Waals surface area contributed by atoms with Gasteiger partial charge in [-0.05, 0) is 42.7 Å². The van der Waals surface area contributed by atoms with E-state index in [0.29, 0.717) is 5.75 Å². The van der Waals surface area contributed by atoms with Crippen LogP contribution in [-0.4, -0.2) is 11.7 Å². The number of rotatable bonds is 5. The first kappa shape index (κ1) is 15.4. The molecule has 1 amide bonds. The van der Waals surface area contributed by atoms with E-state index < -0.39 is 0 Å². The highest BCUT2D eigenvalue weighted by Gasteiger charge is 2.07. The molecule has 0 saturated heterocycles. The molecular formula is C17H20N2OS. The standard InChI is InChI=1S/C17H20N2OS/c1-12-4-3-5-13(2)17(12)19-16(20)11-21-10-14-6-8-15(18)9-7-14/h3-9H,10-11,18H2,1-2H3,(H,19,20). The molecule has 0 aromatic heterocycles. The number of hydrogen-bond donors (Lipinski definition) is 2. The molecule has 0 radical (unpaired) electrons. The monoisotopic (exact) mass is 300 g/mol. The molecule has 0 aliphatic carbocycles. The third kappa shape index (κ3) is 4.53. The number of para-hydroxylation sites is 1. The summed E-state index contributed by atoms with van der Waals surface area (Å²) < 4.78 is 0. The van der Waals surface area contributed by atoms with Crippen LogP contribution in [0, 0.1) is 13.8 Å². The van der Waals surface area contributed by atoms with E-state index in [1.54, 1.807) is 11.8 Å². The summed E-state index contributed by atoms with van der Waals surface area (Å²) in [6, 6.07) is 13.8. The molecule has 110 valence electrons. The van der Waals surface area contributed by atoms with E-state index in [2.05, 4.69) is 5.32 Å². The molecule has 21 heavy (non-hydrogen) atoms. The molecule has 4 heteroatoms. The Morgan fingerprint density at radius 2 is 1.71 bits per heavy atom. The fourth-order valence-corrected chi connectivity index (χ4v) is 2.85. The summed E-state index contributed by atoms with van der Waals surface area (Å²) in [5, 5.41) is 2.99. The van der Waals surface area contributed by atoms with Crippen LogP contribution in [0.15, 0.2) is 42.5 Å². The molecule has 0 fully saturated rings. The van der Waals surface area contributed by atoms with Gasteiger partial charge in [0.2, 0.25) is 5.91 Å². The van der Waals surface area contributed by atoms with E-state index in [4.69, 9.17) is 5.73 Å². The number of thioether (sulfide) groups is 1. The first-order valence-electron chi connectivity index (χ1n) is 6.84. The third-order valence-corrected chi connectivity index (χ3v) is 4.23. The number of anilines is 2. The first-order valence-corrected chi connectivity index (χ1v) is 8.00. The Morgan fingerprint density at radius 1 is 1.10 bits per heavy atom. The van der Waals surface area contributed by atoms with Crippen molar-refractivity contribution >= 4 is 29.0 Å². The fourth-order valence-electron chi connectivity index (χ4n) is 2.06. The molecule has 0 spiro atoms. The van der Waals surface area contributed by atoms with Crippen LogP contribution in [-0.2, 0) is 10.5 Å². The number of nitrogen functional groups attached to an aromatic ring is 1. The van der Waals surface area contributed by atoms with Crippen LogP contribution < -0.4 is 11.1 Å². The lowest BCUT2D eigenvalue weighted by molar-refractivity contribution is -0.113. The number of amides is 1. The van der Waals surface area contributed by atoms with Crippen LogP contribution in [0.25, 0.3) is 0 Å². The number of carbonyl (C=O) groups excluding carboxylic acids is 1. The van der Waals surface area contributed by atoms with Gasteiger partial charge < -0.3 is 11.1 Å². The van der Waals surface area contributed by atoms with Crippen LogP contribution in [0.3, 0.4) is 0 Å². The normalized spacial score (nSPS) is 10.4. The summed E-state index contributed by atoms with van der Waals surface area (Å²) in [5.74, 6) is 1.28. The zero-order valence-corrected chi connectivity index (χ0v) is 13.2. The maximum absolute atomic E-state index is 12.0. The van der Waals surface area contributed by atoms with Gasteiger partial charge in [0.05, 0.1) is 5.75 Å². The van der Waals surface area contributed by atoms with E-state index >= 15 is 0 Å². The van der Waals surface area contributed by atoms with Gasteiger partial charge in [0.15, 0.2) is 0 Å². The van der Waals surface area contributed by atoms with E-state index in [1.165, 1.54) is 5.56 Å². The largest absolute Gasteiger partial charge is 0.399 e. The van der Waals surface area contributed by atoms with Crippen molar-refractivity contribution in [3.8, 4) is 0 Å². The van der Waals surface area contributed by atoms with Gasteiger partial charge >= 0.3 is 0 Å². The second-order valence-electron chi connectivity index (χ2n) is 5.05. The van der Waals surface area contributed by atoms with Crippen molar-refractivity contribution in [2.45, 2.75) is 19.6 Å². The van der Waals surface area contributed by atoms with Crippen molar-refractivity contribution < 1.29 is 4.79 Å². The Labute approximate surface area is 129 Å². The van der Waals surface area contributed by atoms with Crippen molar-refractivity contribution in [3.05, 3.63) is 59.2 Å². The fraction of sp³-hybridized carbons (Fsp3) is 0.235. The van der Waals surface area contributed by atoms with Gasteiger partial charge in [-0.3, -0.25) is 4.79 Å². The minimum absolute atomic E-state index is 0.0350. The Kier molecular flexibility index (Phi) is 5.28. The van der Waals surface area contributed by atoms with Gasteiger partial charge in [0, 0.05) is 17.1 Å². The van der Waals surface area contributed by atoms with Crippen molar-refractivity contribution in [1.82, 2.24) is 0 Å². The minimum Gasteiger partial charge on any atom is -0.399 e. The lowest BCUT2D eigenvalue weighted by atomic mass is 10.1. The molecule has 2 aromatic carbocycles. The predicted molar refractivity (Wildman–Crippen MR) is 91.6 cm³/mol. The Bertz CT molecular complexity index is 603. The van der Waals surface area contributed by atoms with Gasteiger partial charge in [-0.15, -0.1) is 11.8 Å². The summed E-state index contributed by atoms with van der Waals surface area (Å²) in [5.41, 5.74) is 10.7. The van der Waals surface area contributed by atoms with E-state index in [1.807, 2.05) is 56.3 Å². The van der Waals surface area contributed by atoms with Crippen molar-refractivity contribution in [1.29, 1.82) is 0 Å². The van der Waals surface area contributed by atoms with Crippen LogP contribution in [0.1, 0.15) is 16.7 Å². The zero-order chi connectivity index (χ0) is 15.2. The summed E-state index contributed by atoms with van der Waals surface area (Å²) in [6.45, 7) is 4.01. The van der Waals surface area contributed by atoms with Crippen LogP contribution in [0.5, 0.6) is 0 Å². The number of benzene rings is 2. The molecule has 0 aliphatic rings. The van der Waals surface area contributed by atoms with Crippen LogP contribution in [0.4, 0.5) is 11.4 Å². The molecule has 3 nitrogen and oxygen atoms in total. The van der Waals surface area contributed by atoms with Crippen LogP contribution in [0.2, 0.25) is 0 Å². The third-order valence-electron chi connectivity index (χ3n) is 3.23. The van der Waals surface area contributed by atoms with E-state index in [9.17, 15) is 4.79 Å². The van der Waals surface area contributed by atoms with Gasteiger partial charge in [-0.25, -0.2) is 0 Å². The highest BCUT2D eigenvalue weighted by molar-refractivity contribution is 7.99. The van der Waals surface area contributed by atoms with Gasteiger partial charge in [0.25, 0.3) is 0 Å². The molecular weight excluding hydrogens is 280 g/mol. The Hall–Kier alpha value is -1.94. The second-order valence-corrected chi connectivity index (χ2v) is 6.03. The maximum atomic E-state index is 12.0. The molecule has 0 saturated carbocycles. The molecule has 2 rings (SSSR count). The van der Waals surface area contributed by atoms with Crippen molar-refractivity contribution in [2.24, 2.45) is 0 Å². The lowest BCUT2D eigenvalue weighted by Gasteiger charge is -2.11. The maximum Gasteiger partial charge on any atom is 0.234 e. The summed E-state index contributed by atoms with van der Waals surface area (Å²) in [4.78, 5) is 12.0. The number of nitrogens with one attached hydrogen (secondary N) is 1. The molecule has 0 aliphatic heterocycles. The summed E-state index contributed by atoms with van der Waals surface area (Å²) in [6.07, 6.45) is 0. The van der Waals surface area contributed by atoms with Crippen molar-refractivity contribution in [3.63, 3.8) is 0 Å². The quantitative estimate of drug-likeness (QED) is 0.827. The Balaban J connectivity index is 1.84. The molecule has 0 bridgehead atoms. The van der Waals surface area contributed by atoms with E-state index in [-0.39, 0.29) is 5.91 Å². The van der Waals surface area contributed by atoms with Gasteiger partial charge in [-0.1, -0.05) is 30.3 Å². The smallest absolute Gasteiger partial charge is 0.234 e. The molecule has 3 N–H and O–H groups in total. The first-order chi connectivity index (χ1) is 10.1. The lowest BCUT2D eigenvalue weighted by Crippen LogP contribution is -2.15. The molecule has 2 aromatic rings. The number of nitrogens with two attached hydrogens (primary N) is 1. The summed E-state index contributed by atoms with van der Waals surface area (Å²) in [7, 11) is 0. The average Bonchev–Trinajstić information content (AvgIpc) is 2.45. The minimum atomic E-state index is 0.0350. The molecule has 0 atom stereocenters. The summed E-state index contributed by atoms with van der Waals surface area (Å²) >= 11 is 1.60. The zero-order valence-electron chi connectivity index (χ0n) is 12.3. The topological polar surface area (TPSA) is 55.1 Å². The molecule has 0 heterocycles. The SMILES string of the molecule is Cc1cccc(C)c1NC(=O)CSCc1ccc(N)cc1. The second kappa shape index (κ2) is 7.18. The number of aryl methyl sites for hydroxylation is 2. The number of hydrogen-bond acceptors (Lipinski definition) is 3. The highest BCUT2D eigenvalue weighted by Crippen LogP contribution is 2.20. The highest BCUT2D eigenvalue weighted by atomic mass is 32.2. The van der Waals surface area contributed by atoms with Gasteiger partial charge in [-0.2, -0.15) is 0 Å². The van der Waals surface area contributed by atoms with E-state index in [0.717, 1.165) is 28.3 Å². The molecule has 0 unspecified atom stereocenters.